The maximum Gasteiger partial charge on any atom is 0.238 e. The van der Waals surface area contributed by atoms with Gasteiger partial charge in [0.05, 0.1) is 4.90 Å². The van der Waals surface area contributed by atoms with Gasteiger partial charge in [-0.3, -0.25) is 0 Å². The minimum atomic E-state index is -3.67. The van der Waals surface area contributed by atoms with E-state index in [0.29, 0.717) is 11.8 Å². The number of fused-ring (bicyclic) bond motifs is 3. The second-order valence-corrected chi connectivity index (χ2v) is 7.02. The van der Waals surface area contributed by atoms with Gasteiger partial charge in [-0.2, -0.15) is 0 Å². The number of hydrogen-bond acceptors (Lipinski definition) is 2. The van der Waals surface area contributed by atoms with E-state index in [1.807, 2.05) is 38.1 Å². The molecule has 0 bridgehead atoms. The van der Waals surface area contributed by atoms with Crippen molar-refractivity contribution in [1.29, 1.82) is 0 Å². The Labute approximate surface area is 133 Å². The summed E-state index contributed by atoms with van der Waals surface area (Å²) in [5.41, 5.74) is 4.54. The molecule has 1 aliphatic carbocycles. The van der Waals surface area contributed by atoms with E-state index in [4.69, 9.17) is 5.14 Å². The van der Waals surface area contributed by atoms with Gasteiger partial charge in [-0.05, 0) is 46.2 Å². The van der Waals surface area contributed by atoms with Crippen LogP contribution in [0.2, 0.25) is 0 Å². The third-order valence-corrected chi connectivity index (χ3v) is 5.25. The number of primary sulfonamides is 1. The van der Waals surface area contributed by atoms with Crippen molar-refractivity contribution in [2.45, 2.75) is 44.4 Å². The largest absolute Gasteiger partial charge is 0.238 e. The molecule has 0 saturated heterocycles. The Morgan fingerprint density at radius 3 is 2.00 bits per heavy atom. The normalized spacial score (nSPS) is 19.5. The molecule has 0 saturated carbocycles. The highest BCUT2D eigenvalue weighted by atomic mass is 32.2. The Bertz CT molecular complexity index is 781. The Morgan fingerprint density at radius 2 is 1.41 bits per heavy atom. The number of sulfonamides is 1. The molecule has 2 aromatic carbocycles. The van der Waals surface area contributed by atoms with E-state index in [1.165, 1.54) is 11.1 Å². The van der Waals surface area contributed by atoms with Gasteiger partial charge in [-0.25, -0.2) is 13.6 Å². The molecule has 0 aliphatic heterocycles. The molecular weight excluding hydrogens is 294 g/mol. The van der Waals surface area contributed by atoms with Gasteiger partial charge >= 0.3 is 0 Å². The van der Waals surface area contributed by atoms with Crippen LogP contribution in [-0.2, 0) is 10.0 Å². The van der Waals surface area contributed by atoms with E-state index in [-0.39, 0.29) is 4.90 Å². The summed E-state index contributed by atoms with van der Waals surface area (Å²) in [6.07, 6.45) is 0. The monoisotopic (exact) mass is 317 g/mol. The SMILES string of the molecule is CC.CC1c2ccccc2-c2cc(S(N)(=O)=O)ccc2C1C. The van der Waals surface area contributed by atoms with Crippen molar-refractivity contribution in [3.8, 4) is 11.1 Å². The molecule has 3 nitrogen and oxygen atoms in total. The lowest BCUT2D eigenvalue weighted by Crippen LogP contribution is -2.16. The minimum absolute atomic E-state index is 0.174. The zero-order valence-corrected chi connectivity index (χ0v) is 14.3. The van der Waals surface area contributed by atoms with Crippen LogP contribution in [0.1, 0.15) is 50.7 Å². The van der Waals surface area contributed by atoms with E-state index < -0.39 is 10.0 Å². The first-order valence-electron chi connectivity index (χ1n) is 7.65. The molecule has 0 aromatic heterocycles. The first kappa shape index (κ1) is 16.7. The summed E-state index contributed by atoms with van der Waals surface area (Å²) in [6.45, 7) is 8.39. The number of benzene rings is 2. The molecule has 118 valence electrons. The molecule has 3 rings (SSSR count). The molecule has 0 spiro atoms. The number of rotatable bonds is 1. The molecule has 0 radical (unpaired) electrons. The van der Waals surface area contributed by atoms with Crippen LogP contribution in [0.5, 0.6) is 0 Å². The third kappa shape index (κ3) is 2.81. The van der Waals surface area contributed by atoms with Gasteiger partial charge in [0.2, 0.25) is 10.0 Å². The summed E-state index contributed by atoms with van der Waals surface area (Å²) < 4.78 is 23.1. The highest BCUT2D eigenvalue weighted by molar-refractivity contribution is 7.89. The molecule has 2 unspecified atom stereocenters. The van der Waals surface area contributed by atoms with Gasteiger partial charge in [0.1, 0.15) is 0 Å². The third-order valence-electron chi connectivity index (χ3n) is 4.34. The zero-order valence-electron chi connectivity index (χ0n) is 13.5. The van der Waals surface area contributed by atoms with E-state index >= 15 is 0 Å². The van der Waals surface area contributed by atoms with Crippen LogP contribution < -0.4 is 5.14 Å². The molecule has 2 N–H and O–H groups in total. The van der Waals surface area contributed by atoms with Crippen LogP contribution in [0.4, 0.5) is 0 Å². The summed E-state index contributed by atoms with van der Waals surface area (Å²) in [6, 6.07) is 13.4. The molecule has 0 amide bonds. The Morgan fingerprint density at radius 1 is 0.864 bits per heavy atom. The van der Waals surface area contributed by atoms with Gasteiger partial charge in [0.25, 0.3) is 0 Å². The molecule has 0 heterocycles. The van der Waals surface area contributed by atoms with Gasteiger partial charge < -0.3 is 0 Å². The van der Waals surface area contributed by atoms with Crippen molar-refractivity contribution in [3.63, 3.8) is 0 Å². The van der Waals surface area contributed by atoms with Crippen LogP contribution >= 0.6 is 0 Å². The van der Waals surface area contributed by atoms with Crippen LogP contribution in [0.15, 0.2) is 47.4 Å². The lowest BCUT2D eigenvalue weighted by atomic mass is 9.73. The van der Waals surface area contributed by atoms with E-state index in [9.17, 15) is 8.42 Å². The smallest absolute Gasteiger partial charge is 0.225 e. The molecule has 2 atom stereocenters. The van der Waals surface area contributed by atoms with Gasteiger partial charge in [-0.15, -0.1) is 0 Å². The maximum absolute atomic E-state index is 11.6. The van der Waals surface area contributed by atoms with E-state index in [0.717, 1.165) is 11.1 Å². The van der Waals surface area contributed by atoms with Gasteiger partial charge in [-0.1, -0.05) is 58.0 Å². The molecule has 4 heteroatoms. The topological polar surface area (TPSA) is 60.2 Å². The maximum atomic E-state index is 11.6. The number of hydrogen-bond donors (Lipinski definition) is 1. The summed E-state index contributed by atoms with van der Waals surface area (Å²) in [5.74, 6) is 0.772. The standard InChI is InChI=1S/C16H17NO2S.C2H6/c1-10-11(2)14-8-7-12(20(17,18)19)9-16(14)15-6-4-3-5-13(10)15;1-2/h3-11H,1-2H3,(H2,17,18,19);1-2H3. The minimum Gasteiger partial charge on any atom is -0.225 e. The summed E-state index contributed by atoms with van der Waals surface area (Å²) >= 11 is 0. The first-order chi connectivity index (χ1) is 10.4. The fourth-order valence-electron chi connectivity index (χ4n) is 3.02. The lowest BCUT2D eigenvalue weighted by Gasteiger charge is -2.31. The Hall–Kier alpha value is -1.65. The van der Waals surface area contributed by atoms with E-state index in [1.54, 1.807) is 12.1 Å². The van der Waals surface area contributed by atoms with Crippen molar-refractivity contribution in [3.05, 3.63) is 53.6 Å². The summed E-state index contributed by atoms with van der Waals surface area (Å²) in [4.78, 5) is 0.174. The van der Waals surface area contributed by atoms with Crippen molar-refractivity contribution in [1.82, 2.24) is 0 Å². The van der Waals surface area contributed by atoms with Crippen LogP contribution in [0.25, 0.3) is 11.1 Å². The average Bonchev–Trinajstić information content (AvgIpc) is 2.53. The van der Waals surface area contributed by atoms with Crippen molar-refractivity contribution >= 4 is 10.0 Å². The quantitative estimate of drug-likeness (QED) is 0.855. The zero-order chi connectivity index (χ0) is 16.5. The van der Waals surface area contributed by atoms with Crippen LogP contribution in [-0.4, -0.2) is 8.42 Å². The van der Waals surface area contributed by atoms with Crippen LogP contribution in [0, 0.1) is 0 Å². The number of nitrogens with two attached hydrogens (primary N) is 1. The second kappa shape index (κ2) is 6.23. The fourth-order valence-corrected chi connectivity index (χ4v) is 3.56. The van der Waals surface area contributed by atoms with Crippen molar-refractivity contribution in [2.75, 3.05) is 0 Å². The van der Waals surface area contributed by atoms with E-state index in [2.05, 4.69) is 19.9 Å². The predicted octanol–water partition coefficient (Wildman–Crippen LogP) is 4.25. The molecule has 22 heavy (non-hydrogen) atoms. The lowest BCUT2D eigenvalue weighted by molar-refractivity contribution is 0.596. The highest BCUT2D eigenvalue weighted by Gasteiger charge is 2.28. The van der Waals surface area contributed by atoms with Gasteiger partial charge in [0, 0.05) is 0 Å². The second-order valence-electron chi connectivity index (χ2n) is 5.46. The van der Waals surface area contributed by atoms with Gasteiger partial charge in [0.15, 0.2) is 0 Å². The summed E-state index contributed by atoms with van der Waals surface area (Å²) in [7, 11) is -3.67. The molecule has 2 aromatic rings. The Kier molecular flexibility index (Phi) is 4.73. The molecule has 0 fully saturated rings. The molecular formula is C18H23NO2S. The highest BCUT2D eigenvalue weighted by Crippen LogP contribution is 2.46. The van der Waals surface area contributed by atoms with Crippen molar-refractivity contribution < 1.29 is 8.42 Å². The average molecular weight is 317 g/mol. The fraction of sp³-hybridized carbons (Fsp3) is 0.333. The predicted molar refractivity (Wildman–Crippen MR) is 91.4 cm³/mol. The first-order valence-corrected chi connectivity index (χ1v) is 9.20. The Balaban J connectivity index is 0.000000847. The van der Waals surface area contributed by atoms with Crippen molar-refractivity contribution in [2.24, 2.45) is 5.14 Å². The molecule has 1 aliphatic rings. The van der Waals surface area contributed by atoms with Crippen LogP contribution in [0.3, 0.4) is 0 Å². The summed E-state index contributed by atoms with van der Waals surface area (Å²) in [5, 5.41) is 5.24.